The van der Waals surface area contributed by atoms with Crippen LogP contribution in [-0.4, -0.2) is 20.2 Å². The summed E-state index contributed by atoms with van der Waals surface area (Å²) < 4.78 is 0. The van der Waals surface area contributed by atoms with Gasteiger partial charge in [-0.25, -0.2) is 9.97 Å². The first kappa shape index (κ1) is 18.1. The Hall–Kier alpha value is -3.31. The maximum Gasteiger partial charge on any atom is 0.169 e. The van der Waals surface area contributed by atoms with Crippen LogP contribution >= 0.6 is 11.6 Å². The van der Waals surface area contributed by atoms with Gasteiger partial charge in [-0.05, 0) is 42.8 Å². The summed E-state index contributed by atoms with van der Waals surface area (Å²) in [6, 6.07) is 17.6. The van der Waals surface area contributed by atoms with Gasteiger partial charge in [0.15, 0.2) is 11.6 Å². The van der Waals surface area contributed by atoms with E-state index in [1.165, 1.54) is 0 Å². The highest BCUT2D eigenvalue weighted by Crippen LogP contribution is 2.37. The molecule has 0 saturated carbocycles. The summed E-state index contributed by atoms with van der Waals surface area (Å²) in [6.07, 6.45) is 1.59. The smallest absolute Gasteiger partial charge is 0.169 e. The molecule has 0 amide bonds. The molecule has 3 N–H and O–H groups in total. The van der Waals surface area contributed by atoms with Gasteiger partial charge >= 0.3 is 0 Å². The summed E-state index contributed by atoms with van der Waals surface area (Å²) in [5, 5.41) is 25.8. The topological polar surface area (TPSA) is 78.3 Å². The van der Waals surface area contributed by atoms with Crippen LogP contribution in [0.15, 0.2) is 66.9 Å². The fourth-order valence-corrected chi connectivity index (χ4v) is 3.29. The molecule has 2 aromatic heterocycles. The molecule has 28 heavy (non-hydrogen) atoms. The molecule has 0 aliphatic heterocycles. The van der Waals surface area contributed by atoms with Gasteiger partial charge in [0.2, 0.25) is 0 Å². The van der Waals surface area contributed by atoms with Crippen molar-refractivity contribution in [1.29, 1.82) is 0 Å². The van der Waals surface area contributed by atoms with E-state index >= 15 is 0 Å². The van der Waals surface area contributed by atoms with E-state index in [0.717, 1.165) is 16.6 Å². The van der Waals surface area contributed by atoms with Crippen molar-refractivity contribution in [3.63, 3.8) is 0 Å². The zero-order chi connectivity index (χ0) is 19.7. The molecular weight excluding hydrogens is 374 g/mol. The van der Waals surface area contributed by atoms with Crippen molar-refractivity contribution in [3.05, 3.63) is 88.7 Å². The Balaban J connectivity index is 1.87. The standard InChI is InChI=1S/C22H18ClN3O2/c1-13-4-5-15-8-11-17(21(28)20(15)25-13)19(14-6-9-16(23)10-7-14)26-22-18(27)3-2-12-24-22/h2-12,19,27-28H,1H3,(H,24,26). The van der Waals surface area contributed by atoms with E-state index in [0.29, 0.717) is 21.9 Å². The van der Waals surface area contributed by atoms with Crippen molar-refractivity contribution in [2.24, 2.45) is 0 Å². The molecule has 0 aliphatic rings. The highest BCUT2D eigenvalue weighted by atomic mass is 35.5. The summed E-state index contributed by atoms with van der Waals surface area (Å²) in [5.74, 6) is 0.430. The van der Waals surface area contributed by atoms with Crippen LogP contribution in [0.3, 0.4) is 0 Å². The number of aryl methyl sites for hydroxylation is 1. The second-order valence-electron chi connectivity index (χ2n) is 6.53. The fraction of sp³-hybridized carbons (Fsp3) is 0.0909. The summed E-state index contributed by atoms with van der Waals surface area (Å²) in [6.45, 7) is 1.88. The van der Waals surface area contributed by atoms with Gasteiger partial charge in [0, 0.05) is 27.9 Å². The Labute approximate surface area is 167 Å². The predicted molar refractivity (Wildman–Crippen MR) is 111 cm³/mol. The molecule has 1 unspecified atom stereocenters. The molecule has 140 valence electrons. The Morgan fingerprint density at radius 3 is 2.46 bits per heavy atom. The van der Waals surface area contributed by atoms with E-state index in [4.69, 9.17) is 11.6 Å². The summed E-state index contributed by atoms with van der Waals surface area (Å²) in [4.78, 5) is 8.70. The lowest BCUT2D eigenvalue weighted by Gasteiger charge is -2.22. The van der Waals surface area contributed by atoms with E-state index in [-0.39, 0.29) is 11.5 Å². The van der Waals surface area contributed by atoms with E-state index < -0.39 is 6.04 Å². The van der Waals surface area contributed by atoms with Crippen LogP contribution in [0.2, 0.25) is 5.02 Å². The maximum absolute atomic E-state index is 11.0. The Kier molecular flexibility index (Phi) is 4.75. The number of phenolic OH excluding ortho intramolecular Hbond substituents is 1. The minimum Gasteiger partial charge on any atom is -0.505 e. The number of aromatic hydroxyl groups is 2. The number of aromatic nitrogens is 2. The average molecular weight is 392 g/mol. The highest BCUT2D eigenvalue weighted by molar-refractivity contribution is 6.30. The fourth-order valence-electron chi connectivity index (χ4n) is 3.16. The number of pyridine rings is 2. The average Bonchev–Trinajstić information content (AvgIpc) is 2.69. The third-order valence-electron chi connectivity index (χ3n) is 4.59. The number of hydrogen-bond acceptors (Lipinski definition) is 5. The first-order valence-electron chi connectivity index (χ1n) is 8.78. The van der Waals surface area contributed by atoms with Gasteiger partial charge in [-0.15, -0.1) is 0 Å². The van der Waals surface area contributed by atoms with Gasteiger partial charge in [0.1, 0.15) is 11.3 Å². The number of hydrogen-bond donors (Lipinski definition) is 3. The van der Waals surface area contributed by atoms with E-state index in [2.05, 4.69) is 15.3 Å². The van der Waals surface area contributed by atoms with Crippen LogP contribution in [0, 0.1) is 6.92 Å². The number of phenols is 1. The van der Waals surface area contributed by atoms with Crippen molar-refractivity contribution in [2.75, 3.05) is 5.32 Å². The maximum atomic E-state index is 11.0. The number of benzene rings is 2. The van der Waals surface area contributed by atoms with Gasteiger partial charge in [-0.2, -0.15) is 0 Å². The summed E-state index contributed by atoms with van der Waals surface area (Å²) in [5.41, 5.74) is 2.83. The first-order chi connectivity index (χ1) is 13.5. The molecule has 0 spiro atoms. The second kappa shape index (κ2) is 7.37. The van der Waals surface area contributed by atoms with Gasteiger partial charge in [0.25, 0.3) is 0 Å². The Morgan fingerprint density at radius 2 is 1.71 bits per heavy atom. The molecule has 0 aliphatic carbocycles. The Bertz CT molecular complexity index is 1150. The normalized spacial score (nSPS) is 12.1. The number of nitrogens with one attached hydrogen (secondary N) is 1. The molecule has 5 nitrogen and oxygen atoms in total. The van der Waals surface area contributed by atoms with Crippen molar-refractivity contribution < 1.29 is 10.2 Å². The zero-order valence-electron chi connectivity index (χ0n) is 15.1. The highest BCUT2D eigenvalue weighted by Gasteiger charge is 2.21. The van der Waals surface area contributed by atoms with Crippen LogP contribution in [-0.2, 0) is 0 Å². The lowest BCUT2D eigenvalue weighted by Crippen LogP contribution is -2.14. The van der Waals surface area contributed by atoms with Gasteiger partial charge in [-0.3, -0.25) is 0 Å². The van der Waals surface area contributed by atoms with Crippen LogP contribution in [0.25, 0.3) is 10.9 Å². The van der Waals surface area contributed by atoms with Crippen molar-refractivity contribution in [1.82, 2.24) is 9.97 Å². The molecule has 0 radical (unpaired) electrons. The number of rotatable bonds is 4. The van der Waals surface area contributed by atoms with Crippen LogP contribution in [0.5, 0.6) is 11.5 Å². The predicted octanol–water partition coefficient (Wildman–Crippen LogP) is 5.20. The van der Waals surface area contributed by atoms with E-state index in [1.54, 1.807) is 30.5 Å². The van der Waals surface area contributed by atoms with Crippen LogP contribution < -0.4 is 5.32 Å². The monoisotopic (exact) mass is 391 g/mol. The first-order valence-corrected chi connectivity index (χ1v) is 9.16. The third kappa shape index (κ3) is 3.44. The Morgan fingerprint density at radius 1 is 0.964 bits per heavy atom. The van der Waals surface area contributed by atoms with Crippen LogP contribution in [0.1, 0.15) is 22.9 Å². The molecule has 1 atom stereocenters. The number of nitrogens with zero attached hydrogens (tertiary/aromatic N) is 2. The van der Waals surface area contributed by atoms with Gasteiger partial charge in [-0.1, -0.05) is 41.9 Å². The van der Waals surface area contributed by atoms with E-state index in [1.807, 2.05) is 43.3 Å². The molecule has 0 saturated heterocycles. The number of fused-ring (bicyclic) bond motifs is 1. The third-order valence-corrected chi connectivity index (χ3v) is 4.84. The lowest BCUT2D eigenvalue weighted by molar-refractivity contribution is 0.468. The molecule has 2 aromatic carbocycles. The molecule has 6 heteroatoms. The van der Waals surface area contributed by atoms with E-state index in [9.17, 15) is 10.2 Å². The van der Waals surface area contributed by atoms with Gasteiger partial charge < -0.3 is 15.5 Å². The lowest BCUT2D eigenvalue weighted by atomic mass is 9.96. The second-order valence-corrected chi connectivity index (χ2v) is 6.96. The van der Waals surface area contributed by atoms with Crippen molar-refractivity contribution in [3.8, 4) is 11.5 Å². The summed E-state index contributed by atoms with van der Waals surface area (Å²) >= 11 is 6.04. The zero-order valence-corrected chi connectivity index (χ0v) is 15.9. The molecule has 0 bridgehead atoms. The van der Waals surface area contributed by atoms with Crippen molar-refractivity contribution in [2.45, 2.75) is 13.0 Å². The SMILES string of the molecule is Cc1ccc2ccc(C(Nc3ncccc3O)c3ccc(Cl)cc3)c(O)c2n1. The largest absolute Gasteiger partial charge is 0.505 e. The number of anilines is 1. The van der Waals surface area contributed by atoms with Crippen molar-refractivity contribution >= 4 is 28.3 Å². The molecule has 2 heterocycles. The van der Waals surface area contributed by atoms with Crippen LogP contribution in [0.4, 0.5) is 5.82 Å². The molecular formula is C22H18ClN3O2. The minimum absolute atomic E-state index is 0.0238. The minimum atomic E-state index is -0.468. The molecule has 4 rings (SSSR count). The number of halogens is 1. The van der Waals surface area contributed by atoms with Gasteiger partial charge in [0.05, 0.1) is 6.04 Å². The summed E-state index contributed by atoms with van der Waals surface area (Å²) in [7, 11) is 0. The molecule has 4 aromatic rings. The quantitative estimate of drug-likeness (QED) is 0.445. The molecule has 0 fully saturated rings.